The number of para-hydroxylation sites is 2. The Morgan fingerprint density at radius 3 is 1.76 bits per heavy atom. The molecule has 1 aliphatic carbocycles. The largest absolute Gasteiger partial charge is 0.344 e. The minimum absolute atomic E-state index is 0.540. The van der Waals surface area contributed by atoms with Gasteiger partial charge in [-0.05, 0) is 48.2 Å². The predicted octanol–water partition coefficient (Wildman–Crippen LogP) is 11.9. The van der Waals surface area contributed by atoms with Crippen LogP contribution < -0.4 is 0 Å². The summed E-state index contributed by atoms with van der Waals surface area (Å²) in [6, 6.07) is 24.3. The van der Waals surface area contributed by atoms with Crippen molar-refractivity contribution in [1.82, 2.24) is 9.13 Å². The van der Waals surface area contributed by atoms with Crippen LogP contribution in [-0.4, -0.2) is 9.13 Å². The lowest BCUT2D eigenvalue weighted by molar-refractivity contribution is 0.773. The lowest BCUT2D eigenvalue weighted by Crippen LogP contribution is -2.03. The standard InChI is InChI=1S/C26H22N2.5C2H6/c1-17-9-7-15-23-25(17)19-11-4-6-13-21(19)28(23)24-16-8-14-22-26(24)18-10-3-5-12-20(18)27(22)2;5*1-2/h3-8,10-17H,9H2,1-2H3;5*1-2H3. The van der Waals surface area contributed by atoms with Crippen molar-refractivity contribution in [2.24, 2.45) is 7.05 Å². The molecule has 3 aromatic carbocycles. The summed E-state index contributed by atoms with van der Waals surface area (Å²) in [5, 5.41) is 4.03. The highest BCUT2D eigenvalue weighted by atomic mass is 15.0. The molecule has 0 N–H and O–H groups in total. The van der Waals surface area contributed by atoms with E-state index in [0.29, 0.717) is 5.92 Å². The molecule has 206 valence electrons. The minimum atomic E-state index is 0.540. The topological polar surface area (TPSA) is 9.86 Å². The summed E-state index contributed by atoms with van der Waals surface area (Å²) >= 11 is 0. The Balaban J connectivity index is 0.000000653. The highest BCUT2D eigenvalue weighted by Gasteiger charge is 2.24. The van der Waals surface area contributed by atoms with Gasteiger partial charge < -0.3 is 9.13 Å². The first-order chi connectivity index (χ1) is 18.8. The van der Waals surface area contributed by atoms with Gasteiger partial charge in [-0.2, -0.15) is 0 Å². The Kier molecular flexibility index (Phi) is 14.3. The molecule has 0 amide bonds. The molecule has 2 heteroatoms. The molecular weight excluding hydrogens is 460 g/mol. The summed E-state index contributed by atoms with van der Waals surface area (Å²) < 4.78 is 4.79. The maximum Gasteiger partial charge on any atom is 0.0562 e. The molecular formula is C36H52N2. The monoisotopic (exact) mass is 512 g/mol. The van der Waals surface area contributed by atoms with Crippen LogP contribution in [-0.2, 0) is 7.05 Å². The average Bonchev–Trinajstić information content (AvgIpc) is 3.51. The molecule has 0 aliphatic heterocycles. The average molecular weight is 513 g/mol. The van der Waals surface area contributed by atoms with Gasteiger partial charge in [0, 0.05) is 28.7 Å². The van der Waals surface area contributed by atoms with E-state index >= 15 is 0 Å². The molecule has 0 radical (unpaired) electrons. The minimum Gasteiger partial charge on any atom is -0.344 e. The van der Waals surface area contributed by atoms with Crippen molar-refractivity contribution in [3.05, 3.63) is 84.1 Å². The van der Waals surface area contributed by atoms with Gasteiger partial charge >= 0.3 is 0 Å². The first kappa shape index (κ1) is 32.8. The lowest BCUT2D eigenvalue weighted by Gasteiger charge is -2.17. The molecule has 2 nitrogen and oxygen atoms in total. The van der Waals surface area contributed by atoms with Crippen molar-refractivity contribution < 1.29 is 0 Å². The Hall–Kier alpha value is -3.26. The zero-order chi connectivity index (χ0) is 28.8. The zero-order valence-corrected chi connectivity index (χ0v) is 26.2. The molecule has 0 spiro atoms. The number of hydrogen-bond donors (Lipinski definition) is 0. The molecule has 38 heavy (non-hydrogen) atoms. The van der Waals surface area contributed by atoms with Gasteiger partial charge in [-0.3, -0.25) is 0 Å². The van der Waals surface area contributed by atoms with Crippen LogP contribution in [0.15, 0.2) is 72.8 Å². The number of allylic oxidation sites excluding steroid dienone is 1. The van der Waals surface area contributed by atoms with Crippen molar-refractivity contribution in [2.75, 3.05) is 0 Å². The molecule has 1 atom stereocenters. The molecule has 0 saturated heterocycles. The molecule has 0 bridgehead atoms. The quantitative estimate of drug-likeness (QED) is 0.211. The van der Waals surface area contributed by atoms with E-state index < -0.39 is 0 Å². The van der Waals surface area contributed by atoms with Crippen molar-refractivity contribution in [2.45, 2.75) is 88.5 Å². The second-order valence-corrected chi connectivity index (χ2v) is 7.94. The Bertz CT molecular complexity index is 1410. The van der Waals surface area contributed by atoms with Crippen molar-refractivity contribution in [1.29, 1.82) is 0 Å². The fourth-order valence-corrected chi connectivity index (χ4v) is 5.11. The van der Waals surface area contributed by atoms with Gasteiger partial charge in [0.25, 0.3) is 0 Å². The van der Waals surface area contributed by atoms with Crippen LogP contribution in [0.1, 0.15) is 99.8 Å². The number of benzene rings is 3. The SMILES string of the molecule is CC.CC.CC.CC.CC.CC1CC=Cc2c1c1ccccc1n2-c1cccc2c1c1ccccc1n2C. The summed E-state index contributed by atoms with van der Waals surface area (Å²) in [5.41, 5.74) is 7.94. The second kappa shape index (κ2) is 16.6. The summed E-state index contributed by atoms with van der Waals surface area (Å²) in [4.78, 5) is 0. The predicted molar refractivity (Wildman–Crippen MR) is 176 cm³/mol. The molecule has 0 saturated carbocycles. The van der Waals surface area contributed by atoms with E-state index in [-0.39, 0.29) is 0 Å². The first-order valence-corrected chi connectivity index (χ1v) is 15.0. The van der Waals surface area contributed by atoms with Crippen LogP contribution in [0.25, 0.3) is 44.5 Å². The molecule has 1 unspecified atom stereocenters. The highest BCUT2D eigenvalue weighted by Crippen LogP contribution is 2.42. The van der Waals surface area contributed by atoms with E-state index in [4.69, 9.17) is 0 Å². The van der Waals surface area contributed by atoms with Crippen LogP contribution in [0.5, 0.6) is 0 Å². The first-order valence-electron chi connectivity index (χ1n) is 15.0. The molecule has 0 fully saturated rings. The van der Waals surface area contributed by atoms with Gasteiger partial charge in [0.05, 0.1) is 22.4 Å². The smallest absolute Gasteiger partial charge is 0.0562 e. The van der Waals surface area contributed by atoms with E-state index in [1.807, 2.05) is 69.2 Å². The van der Waals surface area contributed by atoms with E-state index in [2.05, 4.69) is 102 Å². The maximum absolute atomic E-state index is 2.48. The number of nitrogens with zero attached hydrogens (tertiary/aromatic N) is 2. The van der Waals surface area contributed by atoms with Crippen LogP contribution in [0.2, 0.25) is 0 Å². The van der Waals surface area contributed by atoms with Crippen LogP contribution in [0.4, 0.5) is 0 Å². The lowest BCUT2D eigenvalue weighted by atomic mass is 9.91. The van der Waals surface area contributed by atoms with Gasteiger partial charge in [0.1, 0.15) is 0 Å². The highest BCUT2D eigenvalue weighted by molar-refractivity contribution is 6.13. The fourth-order valence-electron chi connectivity index (χ4n) is 5.11. The van der Waals surface area contributed by atoms with Crippen molar-refractivity contribution >= 4 is 38.8 Å². The molecule has 5 aromatic rings. The third-order valence-corrected chi connectivity index (χ3v) is 6.37. The number of fused-ring (bicyclic) bond motifs is 6. The maximum atomic E-state index is 2.48. The van der Waals surface area contributed by atoms with E-state index in [0.717, 1.165) is 6.42 Å². The molecule has 2 heterocycles. The number of aromatic nitrogens is 2. The summed E-state index contributed by atoms with van der Waals surface area (Å²) in [5.74, 6) is 0.540. The van der Waals surface area contributed by atoms with Gasteiger partial charge in [-0.25, -0.2) is 0 Å². The van der Waals surface area contributed by atoms with Crippen LogP contribution >= 0.6 is 0 Å². The van der Waals surface area contributed by atoms with E-state index in [1.165, 1.54) is 49.7 Å². The number of hydrogen-bond acceptors (Lipinski definition) is 0. The van der Waals surface area contributed by atoms with Gasteiger partial charge in [-0.15, -0.1) is 0 Å². The fraction of sp³-hybridized carbons (Fsp3) is 0.389. The normalized spacial score (nSPS) is 12.8. The van der Waals surface area contributed by atoms with Crippen LogP contribution in [0.3, 0.4) is 0 Å². The van der Waals surface area contributed by atoms with Crippen molar-refractivity contribution in [3.8, 4) is 5.69 Å². The molecule has 6 rings (SSSR count). The van der Waals surface area contributed by atoms with E-state index in [9.17, 15) is 0 Å². The Labute approximate surface area is 233 Å². The van der Waals surface area contributed by atoms with Crippen LogP contribution in [0, 0.1) is 0 Å². The summed E-state index contributed by atoms with van der Waals surface area (Å²) in [7, 11) is 2.17. The molecule has 2 aromatic heterocycles. The van der Waals surface area contributed by atoms with Gasteiger partial charge in [0.2, 0.25) is 0 Å². The Morgan fingerprint density at radius 2 is 1.13 bits per heavy atom. The second-order valence-electron chi connectivity index (χ2n) is 7.94. The van der Waals surface area contributed by atoms with Crippen molar-refractivity contribution in [3.63, 3.8) is 0 Å². The van der Waals surface area contributed by atoms with Gasteiger partial charge in [-0.1, -0.05) is 125 Å². The molecule has 1 aliphatic rings. The summed E-state index contributed by atoms with van der Waals surface area (Å²) in [6.07, 6.45) is 5.75. The van der Waals surface area contributed by atoms with Gasteiger partial charge in [0.15, 0.2) is 0 Å². The van der Waals surface area contributed by atoms with E-state index in [1.54, 1.807) is 0 Å². The third kappa shape index (κ3) is 5.90. The number of rotatable bonds is 1. The third-order valence-electron chi connectivity index (χ3n) is 6.37. The number of aryl methyl sites for hydroxylation is 1. The zero-order valence-electron chi connectivity index (χ0n) is 26.2. The Morgan fingerprint density at radius 1 is 0.605 bits per heavy atom. The summed E-state index contributed by atoms with van der Waals surface area (Å²) in [6.45, 7) is 22.3.